The summed E-state index contributed by atoms with van der Waals surface area (Å²) in [6.07, 6.45) is 0.892. The first kappa shape index (κ1) is 15.5. The van der Waals surface area contributed by atoms with Gasteiger partial charge in [0, 0.05) is 13.0 Å². The Morgan fingerprint density at radius 2 is 2.11 bits per heavy atom. The molecule has 0 saturated carbocycles. The quantitative estimate of drug-likeness (QED) is 0.562. The van der Waals surface area contributed by atoms with Gasteiger partial charge in [-0.15, -0.1) is 10.2 Å². The van der Waals surface area contributed by atoms with Crippen LogP contribution in [0.4, 0.5) is 0 Å². The van der Waals surface area contributed by atoms with Crippen molar-refractivity contribution in [1.29, 1.82) is 0 Å². The van der Waals surface area contributed by atoms with Gasteiger partial charge in [-0.25, -0.2) is 0 Å². The maximum Gasteiger partial charge on any atom is 0.313 e. The zero-order chi connectivity index (χ0) is 14.3. The van der Waals surface area contributed by atoms with Crippen molar-refractivity contribution >= 4 is 23.7 Å². The van der Waals surface area contributed by atoms with Crippen LogP contribution in [0.2, 0.25) is 0 Å². The number of aromatic nitrogens is 3. The van der Waals surface area contributed by atoms with E-state index in [-0.39, 0.29) is 18.1 Å². The number of carbonyl (C=O) groups is 2. The lowest BCUT2D eigenvalue weighted by atomic mass is 10.4. The topological polar surface area (TPSA) is 94.3 Å². The van der Waals surface area contributed by atoms with E-state index in [4.69, 9.17) is 9.84 Å². The Balaban J connectivity index is 2.69. The third-order valence-electron chi connectivity index (χ3n) is 2.28. The Kier molecular flexibility index (Phi) is 6.34. The molecule has 106 valence electrons. The number of thioether (sulfide) groups is 1. The molecule has 0 aliphatic heterocycles. The molecule has 0 aliphatic rings. The van der Waals surface area contributed by atoms with Crippen molar-refractivity contribution < 1.29 is 19.4 Å². The van der Waals surface area contributed by atoms with Crippen molar-refractivity contribution in [2.75, 3.05) is 12.4 Å². The predicted molar refractivity (Wildman–Crippen MR) is 69.0 cm³/mol. The van der Waals surface area contributed by atoms with Gasteiger partial charge in [0.1, 0.15) is 5.82 Å². The zero-order valence-corrected chi connectivity index (χ0v) is 11.8. The second-order valence-electron chi connectivity index (χ2n) is 3.64. The van der Waals surface area contributed by atoms with Crippen LogP contribution in [0.3, 0.4) is 0 Å². The molecule has 1 aromatic rings. The van der Waals surface area contributed by atoms with Crippen molar-refractivity contribution in [1.82, 2.24) is 14.8 Å². The lowest BCUT2D eigenvalue weighted by Gasteiger charge is -2.08. The molecule has 0 fully saturated rings. The molecule has 0 bridgehead atoms. The highest BCUT2D eigenvalue weighted by Gasteiger charge is 2.14. The lowest BCUT2D eigenvalue weighted by molar-refractivity contribution is -0.143. The van der Waals surface area contributed by atoms with Gasteiger partial charge >= 0.3 is 11.9 Å². The number of hydrogen-bond acceptors (Lipinski definition) is 6. The fraction of sp³-hybridized carbons (Fsp3) is 0.636. The number of ether oxygens (including phenoxy) is 1. The third kappa shape index (κ3) is 4.90. The molecule has 8 heteroatoms. The van der Waals surface area contributed by atoms with E-state index in [0.29, 0.717) is 24.7 Å². The molecule has 0 amide bonds. The number of carbonyl (C=O) groups excluding carboxylic acids is 1. The second-order valence-corrected chi connectivity index (χ2v) is 4.58. The first-order valence-corrected chi connectivity index (χ1v) is 6.99. The Morgan fingerprint density at radius 3 is 2.68 bits per heavy atom. The summed E-state index contributed by atoms with van der Waals surface area (Å²) in [7, 11) is 0. The van der Waals surface area contributed by atoms with Gasteiger partial charge in [0.15, 0.2) is 5.16 Å². The van der Waals surface area contributed by atoms with Crippen molar-refractivity contribution in [3.8, 4) is 0 Å². The molecule has 0 aliphatic carbocycles. The molecule has 0 saturated heterocycles. The van der Waals surface area contributed by atoms with Crippen molar-refractivity contribution in [2.45, 2.75) is 38.4 Å². The smallest absolute Gasteiger partial charge is 0.313 e. The Bertz CT molecular complexity index is 447. The fourth-order valence-electron chi connectivity index (χ4n) is 1.47. The average molecular weight is 287 g/mol. The van der Waals surface area contributed by atoms with Gasteiger partial charge in [-0.3, -0.25) is 9.59 Å². The minimum Gasteiger partial charge on any atom is -0.481 e. The largest absolute Gasteiger partial charge is 0.481 e. The molecule has 1 rings (SSSR count). The van der Waals surface area contributed by atoms with E-state index in [0.717, 1.165) is 17.6 Å². The summed E-state index contributed by atoms with van der Waals surface area (Å²) in [4.78, 5) is 21.9. The standard InChI is InChI=1S/C11H17N3O4S/c1-3-8-12-13-11(19-7-9(15)16)14(8)6-5-10(17)18-4-2/h3-7H2,1-2H3,(H,15,16). The van der Waals surface area contributed by atoms with Crippen LogP contribution in [0.25, 0.3) is 0 Å². The van der Waals surface area contributed by atoms with Gasteiger partial charge in [0.05, 0.1) is 18.8 Å². The van der Waals surface area contributed by atoms with Crippen LogP contribution < -0.4 is 0 Å². The average Bonchev–Trinajstić information content (AvgIpc) is 2.76. The molecule has 1 heterocycles. The van der Waals surface area contributed by atoms with Crippen LogP contribution >= 0.6 is 11.8 Å². The third-order valence-corrected chi connectivity index (χ3v) is 3.23. The van der Waals surface area contributed by atoms with Gasteiger partial charge in [-0.05, 0) is 6.92 Å². The SMILES string of the molecule is CCOC(=O)CCn1c(CC)nnc1SCC(=O)O. The van der Waals surface area contributed by atoms with Crippen LogP contribution in [0.1, 0.15) is 26.1 Å². The van der Waals surface area contributed by atoms with E-state index >= 15 is 0 Å². The van der Waals surface area contributed by atoms with Crippen molar-refractivity contribution in [3.05, 3.63) is 5.82 Å². The number of esters is 1. The lowest BCUT2D eigenvalue weighted by Crippen LogP contribution is -2.12. The summed E-state index contributed by atoms with van der Waals surface area (Å²) >= 11 is 1.09. The highest BCUT2D eigenvalue weighted by atomic mass is 32.2. The summed E-state index contributed by atoms with van der Waals surface area (Å²) < 4.78 is 6.63. The minimum atomic E-state index is -0.914. The summed E-state index contributed by atoms with van der Waals surface area (Å²) in [6.45, 7) is 4.43. The number of hydrogen-bond donors (Lipinski definition) is 1. The van der Waals surface area contributed by atoms with E-state index in [1.54, 1.807) is 11.5 Å². The monoisotopic (exact) mass is 287 g/mol. The van der Waals surface area contributed by atoms with E-state index in [9.17, 15) is 9.59 Å². The van der Waals surface area contributed by atoms with Gasteiger partial charge in [0.2, 0.25) is 0 Å². The number of aryl methyl sites for hydroxylation is 1. The first-order chi connectivity index (χ1) is 9.08. The zero-order valence-electron chi connectivity index (χ0n) is 11.0. The molecular weight excluding hydrogens is 270 g/mol. The Labute approximate surface area is 115 Å². The fourth-order valence-corrected chi connectivity index (χ4v) is 2.18. The molecular formula is C11H17N3O4S. The van der Waals surface area contributed by atoms with Gasteiger partial charge in [-0.2, -0.15) is 0 Å². The van der Waals surface area contributed by atoms with Crippen LogP contribution in [0.5, 0.6) is 0 Å². The summed E-state index contributed by atoms with van der Waals surface area (Å²) in [5.74, 6) is -0.547. The van der Waals surface area contributed by atoms with Crippen molar-refractivity contribution in [3.63, 3.8) is 0 Å². The number of rotatable bonds is 8. The maximum absolute atomic E-state index is 11.3. The predicted octanol–water partition coefficient (Wildman–Crippen LogP) is 0.970. The van der Waals surface area contributed by atoms with E-state index in [2.05, 4.69) is 10.2 Å². The molecule has 1 aromatic heterocycles. The number of carboxylic acid groups (broad SMARTS) is 1. The molecule has 19 heavy (non-hydrogen) atoms. The van der Waals surface area contributed by atoms with Crippen LogP contribution in [0.15, 0.2) is 5.16 Å². The first-order valence-electron chi connectivity index (χ1n) is 6.00. The number of aliphatic carboxylic acids is 1. The maximum atomic E-state index is 11.3. The molecule has 0 radical (unpaired) electrons. The van der Waals surface area contributed by atoms with Crippen LogP contribution in [-0.4, -0.2) is 44.2 Å². The Hall–Kier alpha value is -1.57. The van der Waals surface area contributed by atoms with E-state index in [1.165, 1.54) is 0 Å². The Morgan fingerprint density at radius 1 is 1.37 bits per heavy atom. The van der Waals surface area contributed by atoms with Crippen LogP contribution in [0, 0.1) is 0 Å². The molecule has 0 spiro atoms. The molecule has 0 atom stereocenters. The number of carboxylic acids is 1. The summed E-state index contributed by atoms with van der Waals surface area (Å²) in [5, 5.41) is 17.1. The van der Waals surface area contributed by atoms with Gasteiger partial charge < -0.3 is 14.4 Å². The van der Waals surface area contributed by atoms with Gasteiger partial charge in [0.25, 0.3) is 0 Å². The molecule has 0 unspecified atom stereocenters. The van der Waals surface area contributed by atoms with Gasteiger partial charge in [-0.1, -0.05) is 18.7 Å². The normalized spacial score (nSPS) is 10.4. The number of nitrogens with zero attached hydrogens (tertiary/aromatic N) is 3. The minimum absolute atomic E-state index is 0.0821. The van der Waals surface area contributed by atoms with E-state index < -0.39 is 5.97 Å². The highest BCUT2D eigenvalue weighted by molar-refractivity contribution is 7.99. The van der Waals surface area contributed by atoms with Crippen LogP contribution in [-0.2, 0) is 27.3 Å². The summed E-state index contributed by atoms with van der Waals surface area (Å²) in [6, 6.07) is 0. The highest BCUT2D eigenvalue weighted by Crippen LogP contribution is 2.17. The molecule has 0 aromatic carbocycles. The summed E-state index contributed by atoms with van der Waals surface area (Å²) in [5.41, 5.74) is 0. The van der Waals surface area contributed by atoms with E-state index in [1.807, 2.05) is 6.92 Å². The molecule has 1 N–H and O–H groups in total. The van der Waals surface area contributed by atoms with Crippen molar-refractivity contribution in [2.24, 2.45) is 0 Å². The second kappa shape index (κ2) is 7.78. The molecule has 7 nitrogen and oxygen atoms in total.